The van der Waals surface area contributed by atoms with E-state index in [1.54, 1.807) is 11.8 Å². The van der Waals surface area contributed by atoms with Gasteiger partial charge in [-0.3, -0.25) is 0 Å². The summed E-state index contributed by atoms with van der Waals surface area (Å²) in [5, 5.41) is 3.16. The lowest BCUT2D eigenvalue weighted by Gasteiger charge is -2.31. The van der Waals surface area contributed by atoms with Crippen LogP contribution in [-0.4, -0.2) is 21.8 Å². The monoisotopic (exact) mass is 439 g/mol. The highest BCUT2D eigenvalue weighted by atomic mass is 32.2. The number of aryl methyl sites for hydroxylation is 1. The Bertz CT molecular complexity index is 1260. The van der Waals surface area contributed by atoms with Crippen molar-refractivity contribution in [1.82, 2.24) is 9.47 Å². The molecule has 0 aliphatic carbocycles. The van der Waals surface area contributed by atoms with E-state index in [-0.39, 0.29) is 12.1 Å². The van der Waals surface area contributed by atoms with Gasteiger partial charge in [0.25, 0.3) is 0 Å². The van der Waals surface area contributed by atoms with Crippen molar-refractivity contribution < 1.29 is 4.79 Å². The van der Waals surface area contributed by atoms with Crippen LogP contribution in [0.4, 0.5) is 10.5 Å². The zero-order valence-electron chi connectivity index (χ0n) is 18.2. The maximum atomic E-state index is 13.7. The van der Waals surface area contributed by atoms with Gasteiger partial charge in [0.15, 0.2) is 0 Å². The molecule has 1 N–H and O–H groups in total. The number of carbonyl (C=O) groups is 1. The molecule has 2 amide bonds. The van der Waals surface area contributed by atoms with Crippen LogP contribution in [0.5, 0.6) is 0 Å². The Balaban J connectivity index is 1.63. The van der Waals surface area contributed by atoms with E-state index in [0.29, 0.717) is 6.54 Å². The van der Waals surface area contributed by atoms with Crippen molar-refractivity contribution in [2.45, 2.75) is 24.4 Å². The van der Waals surface area contributed by atoms with Gasteiger partial charge >= 0.3 is 6.03 Å². The van der Waals surface area contributed by atoms with Crippen molar-refractivity contribution in [2.75, 3.05) is 11.6 Å². The number of thioether (sulfide) groups is 1. The predicted octanol–water partition coefficient (Wildman–Crippen LogP) is 6.64. The number of para-hydroxylation sites is 2. The second kappa shape index (κ2) is 8.60. The van der Waals surface area contributed by atoms with Crippen molar-refractivity contribution in [1.29, 1.82) is 0 Å². The largest absolute Gasteiger partial charge is 0.322 e. The van der Waals surface area contributed by atoms with E-state index in [1.165, 1.54) is 4.90 Å². The fraction of sp³-hybridized carbons (Fsp3) is 0.148. The smallest absolute Gasteiger partial charge is 0.318 e. The van der Waals surface area contributed by atoms with Gasteiger partial charge in [-0.25, -0.2) is 4.79 Å². The van der Waals surface area contributed by atoms with Crippen molar-refractivity contribution in [2.24, 2.45) is 0 Å². The van der Waals surface area contributed by atoms with Crippen LogP contribution in [0.1, 0.15) is 28.4 Å². The minimum Gasteiger partial charge on any atom is -0.318 e. The summed E-state index contributed by atoms with van der Waals surface area (Å²) in [7, 11) is 0. The number of hydrogen-bond acceptors (Lipinski definition) is 2. The lowest BCUT2D eigenvalue weighted by molar-refractivity contribution is 0.194. The van der Waals surface area contributed by atoms with Crippen LogP contribution in [0.15, 0.2) is 96.0 Å². The summed E-state index contributed by atoms with van der Waals surface area (Å²) >= 11 is 1.72. The van der Waals surface area contributed by atoms with Crippen LogP contribution in [0.2, 0.25) is 0 Å². The highest BCUT2D eigenvalue weighted by Crippen LogP contribution is 2.37. The molecule has 1 aliphatic rings. The van der Waals surface area contributed by atoms with Crippen LogP contribution >= 0.6 is 11.8 Å². The molecule has 2 heterocycles. The first-order valence-electron chi connectivity index (χ1n) is 10.7. The Kier molecular flexibility index (Phi) is 5.50. The molecule has 1 aromatic heterocycles. The van der Waals surface area contributed by atoms with Gasteiger partial charge < -0.3 is 14.8 Å². The molecular formula is C27H25N3OS. The summed E-state index contributed by atoms with van der Waals surface area (Å²) in [6, 6.07) is 28.6. The lowest BCUT2D eigenvalue weighted by atomic mass is 10.0. The number of amides is 2. The first-order valence-corrected chi connectivity index (χ1v) is 11.9. The molecule has 32 heavy (non-hydrogen) atoms. The molecule has 0 bridgehead atoms. The molecular weight excluding hydrogens is 414 g/mol. The van der Waals surface area contributed by atoms with Gasteiger partial charge in [-0.05, 0) is 66.3 Å². The minimum absolute atomic E-state index is 0.109. The molecule has 0 saturated carbocycles. The average molecular weight is 440 g/mol. The topological polar surface area (TPSA) is 37.3 Å². The Morgan fingerprint density at radius 1 is 0.938 bits per heavy atom. The first-order chi connectivity index (χ1) is 15.7. The van der Waals surface area contributed by atoms with Crippen molar-refractivity contribution in [3.8, 4) is 5.69 Å². The summed E-state index contributed by atoms with van der Waals surface area (Å²) in [5.41, 5.74) is 6.28. The molecule has 3 aromatic carbocycles. The highest BCUT2D eigenvalue weighted by Gasteiger charge is 2.33. The Morgan fingerprint density at radius 3 is 2.47 bits per heavy atom. The lowest BCUT2D eigenvalue weighted by Crippen LogP contribution is -2.38. The van der Waals surface area contributed by atoms with Crippen molar-refractivity contribution >= 4 is 23.5 Å². The second-order valence-electron chi connectivity index (χ2n) is 7.98. The van der Waals surface area contributed by atoms with E-state index in [4.69, 9.17) is 0 Å². The molecule has 0 radical (unpaired) electrons. The SMILES string of the molecule is CSc1ccc(C2c3cccn3-c3ccccc3CN2C(=O)Nc2ccccc2C)cc1. The molecule has 4 nitrogen and oxygen atoms in total. The maximum Gasteiger partial charge on any atom is 0.322 e. The minimum atomic E-state index is -0.211. The summed E-state index contributed by atoms with van der Waals surface area (Å²) in [6.45, 7) is 2.53. The van der Waals surface area contributed by atoms with Gasteiger partial charge in [-0.15, -0.1) is 11.8 Å². The molecule has 0 fully saturated rings. The van der Waals surface area contributed by atoms with Gasteiger partial charge in [-0.1, -0.05) is 48.5 Å². The van der Waals surface area contributed by atoms with Crippen LogP contribution in [0, 0.1) is 6.92 Å². The third-order valence-corrected chi connectivity index (χ3v) is 6.79. The van der Waals surface area contributed by atoms with Crippen molar-refractivity contribution in [3.05, 3.63) is 114 Å². The molecule has 0 spiro atoms. The van der Waals surface area contributed by atoms with Gasteiger partial charge in [-0.2, -0.15) is 0 Å². The normalized spacial score (nSPS) is 14.9. The zero-order valence-corrected chi connectivity index (χ0v) is 19.0. The average Bonchev–Trinajstić information content (AvgIpc) is 3.25. The first kappa shape index (κ1) is 20.5. The number of nitrogens with zero attached hydrogens (tertiary/aromatic N) is 2. The van der Waals surface area contributed by atoms with Crippen molar-refractivity contribution in [3.63, 3.8) is 0 Å². The van der Waals surface area contributed by atoms with E-state index >= 15 is 0 Å². The molecule has 1 aliphatic heterocycles. The zero-order chi connectivity index (χ0) is 22.1. The Morgan fingerprint density at radius 2 is 1.69 bits per heavy atom. The van der Waals surface area contributed by atoms with Crippen LogP contribution < -0.4 is 5.32 Å². The van der Waals surface area contributed by atoms with E-state index in [9.17, 15) is 4.79 Å². The van der Waals surface area contributed by atoms with Gasteiger partial charge in [0.2, 0.25) is 0 Å². The Labute approximate surface area is 192 Å². The second-order valence-corrected chi connectivity index (χ2v) is 8.86. The summed E-state index contributed by atoms with van der Waals surface area (Å²) in [4.78, 5) is 16.9. The number of hydrogen-bond donors (Lipinski definition) is 1. The standard InChI is InChI=1S/C27H25N3OS/c1-19-8-3-5-10-23(19)28-27(31)30-18-21-9-4-6-11-24(21)29-17-7-12-25(29)26(30)20-13-15-22(32-2)16-14-20/h3-17,26H,18H2,1-2H3,(H,28,31). The molecule has 1 atom stereocenters. The number of nitrogens with one attached hydrogen (secondary N) is 1. The van der Waals surface area contributed by atoms with Crippen LogP contribution in [0.25, 0.3) is 5.69 Å². The van der Waals surface area contributed by atoms with E-state index in [1.807, 2.05) is 48.2 Å². The van der Waals surface area contributed by atoms with Crippen LogP contribution in [-0.2, 0) is 6.54 Å². The highest BCUT2D eigenvalue weighted by molar-refractivity contribution is 7.98. The molecule has 160 valence electrons. The Hall–Kier alpha value is -3.44. The van der Waals surface area contributed by atoms with Crippen LogP contribution in [0.3, 0.4) is 0 Å². The molecule has 5 rings (SSSR count). The third kappa shape index (κ3) is 3.69. The number of benzene rings is 3. The number of carbonyl (C=O) groups excluding carboxylic acids is 1. The summed E-state index contributed by atoms with van der Waals surface area (Å²) in [6.07, 6.45) is 4.16. The van der Waals surface area contributed by atoms with Gasteiger partial charge in [0, 0.05) is 22.5 Å². The quantitative estimate of drug-likeness (QED) is 0.363. The van der Waals surface area contributed by atoms with E-state index in [2.05, 4.69) is 70.9 Å². The van der Waals surface area contributed by atoms with E-state index < -0.39 is 0 Å². The fourth-order valence-corrected chi connectivity index (χ4v) is 4.78. The molecule has 0 saturated heterocycles. The summed E-state index contributed by atoms with van der Waals surface area (Å²) in [5.74, 6) is 0. The third-order valence-electron chi connectivity index (χ3n) is 6.04. The van der Waals surface area contributed by atoms with Gasteiger partial charge in [0.05, 0.1) is 18.3 Å². The number of rotatable bonds is 3. The maximum absolute atomic E-state index is 13.7. The molecule has 5 heteroatoms. The number of fused-ring (bicyclic) bond motifs is 3. The number of aromatic nitrogens is 1. The van der Waals surface area contributed by atoms with E-state index in [0.717, 1.165) is 33.8 Å². The number of anilines is 1. The fourth-order valence-electron chi connectivity index (χ4n) is 4.38. The van der Waals surface area contributed by atoms with Gasteiger partial charge in [0.1, 0.15) is 0 Å². The summed E-state index contributed by atoms with van der Waals surface area (Å²) < 4.78 is 2.21. The predicted molar refractivity (Wildman–Crippen MR) is 132 cm³/mol. The molecule has 4 aromatic rings. The number of urea groups is 1. The molecule has 1 unspecified atom stereocenters.